The number of halogens is 1. The molecule has 2 rings (SSSR count). The predicted octanol–water partition coefficient (Wildman–Crippen LogP) is 3.34. The first-order valence-corrected chi connectivity index (χ1v) is 4.78. The normalized spacial score (nSPS) is 10.3. The minimum absolute atomic E-state index is 0.235. The van der Waals surface area contributed by atoms with E-state index in [4.69, 9.17) is 4.42 Å². The van der Waals surface area contributed by atoms with Gasteiger partial charge in [0.1, 0.15) is 11.6 Å². The Morgan fingerprint density at radius 3 is 2.87 bits per heavy atom. The van der Waals surface area contributed by atoms with E-state index in [-0.39, 0.29) is 5.82 Å². The molecule has 0 spiro atoms. The molecule has 0 saturated carbocycles. The summed E-state index contributed by atoms with van der Waals surface area (Å²) in [4.78, 5) is 0. The molecule has 1 aromatic heterocycles. The number of nitrogens with one attached hydrogen (secondary N) is 1. The van der Waals surface area contributed by atoms with Crippen LogP contribution in [0.3, 0.4) is 0 Å². The van der Waals surface area contributed by atoms with E-state index in [1.165, 1.54) is 6.07 Å². The van der Waals surface area contributed by atoms with Gasteiger partial charge in [-0.2, -0.15) is 0 Å². The van der Waals surface area contributed by atoms with Crippen LogP contribution in [-0.4, -0.2) is 0 Å². The minimum atomic E-state index is -0.235. The molecular formula is C12H12FNO. The maximum Gasteiger partial charge on any atom is 0.146 e. The van der Waals surface area contributed by atoms with Crippen molar-refractivity contribution < 1.29 is 8.81 Å². The number of hydrogen-bond donors (Lipinski definition) is 1. The topological polar surface area (TPSA) is 25.2 Å². The van der Waals surface area contributed by atoms with E-state index in [0.717, 1.165) is 11.3 Å². The van der Waals surface area contributed by atoms with Crippen molar-refractivity contribution >= 4 is 5.69 Å². The van der Waals surface area contributed by atoms with E-state index in [1.807, 2.05) is 25.1 Å². The van der Waals surface area contributed by atoms with Crippen LogP contribution < -0.4 is 5.32 Å². The second-order valence-electron chi connectivity index (χ2n) is 3.42. The summed E-state index contributed by atoms with van der Waals surface area (Å²) in [7, 11) is 0. The number of hydrogen-bond acceptors (Lipinski definition) is 2. The molecule has 78 valence electrons. The van der Waals surface area contributed by atoms with Crippen LogP contribution in [0, 0.1) is 12.7 Å². The highest BCUT2D eigenvalue weighted by atomic mass is 19.1. The monoisotopic (exact) mass is 205 g/mol. The van der Waals surface area contributed by atoms with Crippen molar-refractivity contribution in [2.75, 3.05) is 5.32 Å². The highest BCUT2D eigenvalue weighted by Gasteiger charge is 2.02. The Kier molecular flexibility index (Phi) is 2.72. The van der Waals surface area contributed by atoms with Gasteiger partial charge >= 0.3 is 0 Å². The van der Waals surface area contributed by atoms with E-state index in [9.17, 15) is 4.39 Å². The second-order valence-corrected chi connectivity index (χ2v) is 3.42. The van der Waals surface area contributed by atoms with E-state index >= 15 is 0 Å². The number of benzene rings is 1. The maximum atomic E-state index is 13.4. The van der Waals surface area contributed by atoms with Crippen molar-refractivity contribution in [2.24, 2.45) is 0 Å². The van der Waals surface area contributed by atoms with E-state index in [0.29, 0.717) is 12.2 Å². The van der Waals surface area contributed by atoms with Crippen LogP contribution in [0.5, 0.6) is 0 Å². The predicted molar refractivity (Wildman–Crippen MR) is 57.2 cm³/mol. The summed E-state index contributed by atoms with van der Waals surface area (Å²) in [5, 5.41) is 2.97. The largest absolute Gasteiger partial charge is 0.467 e. The van der Waals surface area contributed by atoms with Crippen molar-refractivity contribution in [3.8, 4) is 0 Å². The lowest BCUT2D eigenvalue weighted by atomic mass is 10.2. The number of anilines is 1. The summed E-state index contributed by atoms with van der Waals surface area (Å²) in [6, 6.07) is 8.76. The molecule has 0 amide bonds. The van der Waals surface area contributed by atoms with Crippen LogP contribution in [-0.2, 0) is 6.54 Å². The van der Waals surface area contributed by atoms with Gasteiger partial charge in [0.25, 0.3) is 0 Å². The van der Waals surface area contributed by atoms with E-state index < -0.39 is 0 Å². The lowest BCUT2D eigenvalue weighted by molar-refractivity contribution is 0.517. The van der Waals surface area contributed by atoms with Crippen molar-refractivity contribution in [1.29, 1.82) is 0 Å². The Hall–Kier alpha value is -1.77. The smallest absolute Gasteiger partial charge is 0.146 e. The van der Waals surface area contributed by atoms with Gasteiger partial charge in [-0.25, -0.2) is 4.39 Å². The third kappa shape index (κ3) is 2.37. The number of rotatable bonds is 3. The van der Waals surface area contributed by atoms with Crippen LogP contribution in [0.2, 0.25) is 0 Å². The maximum absolute atomic E-state index is 13.4. The third-order valence-corrected chi connectivity index (χ3v) is 2.16. The average molecular weight is 205 g/mol. The quantitative estimate of drug-likeness (QED) is 0.831. The van der Waals surface area contributed by atoms with Gasteiger partial charge in [0, 0.05) is 0 Å². The molecule has 1 aromatic carbocycles. The minimum Gasteiger partial charge on any atom is -0.467 e. The summed E-state index contributed by atoms with van der Waals surface area (Å²) in [5.41, 5.74) is 1.41. The lowest BCUT2D eigenvalue weighted by Crippen LogP contribution is -2.00. The zero-order chi connectivity index (χ0) is 10.7. The standard InChI is InChI=1S/C12H12FNO/c1-9-4-5-12(11(13)7-9)14-8-10-3-2-6-15-10/h2-7,14H,8H2,1H3. The molecule has 0 atom stereocenters. The molecule has 2 aromatic rings. The zero-order valence-corrected chi connectivity index (χ0v) is 8.46. The van der Waals surface area contributed by atoms with Crippen LogP contribution in [0.15, 0.2) is 41.0 Å². The van der Waals surface area contributed by atoms with Gasteiger partial charge in [-0.05, 0) is 36.8 Å². The van der Waals surface area contributed by atoms with E-state index in [1.54, 1.807) is 12.3 Å². The van der Waals surface area contributed by atoms with Gasteiger partial charge in [-0.15, -0.1) is 0 Å². The molecule has 0 aliphatic rings. The highest BCUT2D eigenvalue weighted by molar-refractivity contribution is 5.46. The van der Waals surface area contributed by atoms with Crippen LogP contribution in [0.1, 0.15) is 11.3 Å². The first kappa shape index (κ1) is 9.77. The van der Waals surface area contributed by atoms with Crippen molar-refractivity contribution in [1.82, 2.24) is 0 Å². The van der Waals surface area contributed by atoms with Crippen LogP contribution in [0.4, 0.5) is 10.1 Å². The molecule has 2 nitrogen and oxygen atoms in total. The van der Waals surface area contributed by atoms with E-state index in [2.05, 4.69) is 5.32 Å². The fourth-order valence-corrected chi connectivity index (χ4v) is 1.36. The number of furan rings is 1. The first-order chi connectivity index (χ1) is 7.25. The highest BCUT2D eigenvalue weighted by Crippen LogP contribution is 2.16. The summed E-state index contributed by atoms with van der Waals surface area (Å²) in [6.45, 7) is 2.35. The molecular weight excluding hydrogens is 193 g/mol. The van der Waals surface area contributed by atoms with Crippen LogP contribution >= 0.6 is 0 Å². The molecule has 0 fully saturated rings. The zero-order valence-electron chi connectivity index (χ0n) is 8.46. The Balaban J connectivity index is 2.05. The molecule has 1 heterocycles. The Labute approximate surface area is 87.7 Å². The van der Waals surface area contributed by atoms with Gasteiger partial charge < -0.3 is 9.73 Å². The molecule has 15 heavy (non-hydrogen) atoms. The Morgan fingerprint density at radius 2 is 2.20 bits per heavy atom. The summed E-state index contributed by atoms with van der Waals surface area (Å²) in [5.74, 6) is 0.552. The molecule has 3 heteroatoms. The van der Waals surface area contributed by atoms with Crippen molar-refractivity contribution in [3.63, 3.8) is 0 Å². The molecule has 0 aliphatic carbocycles. The van der Waals surface area contributed by atoms with Gasteiger partial charge in [0.05, 0.1) is 18.5 Å². The Bertz CT molecular complexity index is 437. The first-order valence-electron chi connectivity index (χ1n) is 4.78. The second kappa shape index (κ2) is 4.17. The molecule has 0 bridgehead atoms. The summed E-state index contributed by atoms with van der Waals surface area (Å²) < 4.78 is 18.5. The molecule has 0 aliphatic heterocycles. The summed E-state index contributed by atoms with van der Waals surface area (Å²) >= 11 is 0. The molecule has 0 saturated heterocycles. The van der Waals surface area contributed by atoms with Gasteiger partial charge in [0.15, 0.2) is 0 Å². The summed E-state index contributed by atoms with van der Waals surface area (Å²) in [6.07, 6.45) is 1.60. The van der Waals surface area contributed by atoms with Gasteiger partial charge in [-0.1, -0.05) is 6.07 Å². The Morgan fingerprint density at radius 1 is 1.33 bits per heavy atom. The fraction of sp³-hybridized carbons (Fsp3) is 0.167. The van der Waals surface area contributed by atoms with Crippen LogP contribution in [0.25, 0.3) is 0 Å². The van der Waals surface area contributed by atoms with Gasteiger partial charge in [0.2, 0.25) is 0 Å². The fourth-order valence-electron chi connectivity index (χ4n) is 1.36. The van der Waals surface area contributed by atoms with Gasteiger partial charge in [-0.3, -0.25) is 0 Å². The average Bonchev–Trinajstić information content (AvgIpc) is 2.69. The number of aryl methyl sites for hydroxylation is 1. The SMILES string of the molecule is Cc1ccc(NCc2ccco2)c(F)c1. The molecule has 1 N–H and O–H groups in total. The third-order valence-electron chi connectivity index (χ3n) is 2.16. The van der Waals surface area contributed by atoms with Crippen molar-refractivity contribution in [3.05, 3.63) is 53.7 Å². The molecule has 0 radical (unpaired) electrons. The van der Waals surface area contributed by atoms with Crippen molar-refractivity contribution in [2.45, 2.75) is 13.5 Å². The lowest BCUT2D eigenvalue weighted by Gasteiger charge is -2.06. The molecule has 0 unspecified atom stereocenters.